The summed E-state index contributed by atoms with van der Waals surface area (Å²) in [6.45, 7) is 5.54. The van der Waals surface area contributed by atoms with Crippen LogP contribution in [0.15, 0.2) is 28.6 Å². The minimum absolute atomic E-state index is 0.0230. The van der Waals surface area contributed by atoms with Gasteiger partial charge in [0.25, 0.3) is 5.69 Å². The normalized spacial score (nSPS) is 12.6. The molecule has 0 radical (unpaired) electrons. The van der Waals surface area contributed by atoms with Gasteiger partial charge in [-0.1, -0.05) is 43.0 Å². The van der Waals surface area contributed by atoms with Crippen LogP contribution in [0.3, 0.4) is 0 Å². The van der Waals surface area contributed by atoms with Gasteiger partial charge in [-0.15, -0.1) is 10.2 Å². The number of sulfonamides is 1. The largest absolute Gasteiger partial charge is 0.299 e. The number of carbonyl (C=O) groups excluding carboxylic acids is 1. The van der Waals surface area contributed by atoms with Crippen molar-refractivity contribution in [2.24, 2.45) is 5.92 Å². The van der Waals surface area contributed by atoms with Crippen molar-refractivity contribution >= 4 is 55.5 Å². The fourth-order valence-corrected chi connectivity index (χ4v) is 5.22. The van der Waals surface area contributed by atoms with E-state index in [4.69, 9.17) is 0 Å². The van der Waals surface area contributed by atoms with Crippen molar-refractivity contribution in [2.45, 2.75) is 31.2 Å². The van der Waals surface area contributed by atoms with Gasteiger partial charge in [0.05, 0.1) is 16.9 Å². The summed E-state index contributed by atoms with van der Waals surface area (Å²) in [7, 11) is -3.90. The minimum Gasteiger partial charge on any atom is -0.299 e. The second-order valence-corrected chi connectivity index (χ2v) is 10.7. The van der Waals surface area contributed by atoms with Crippen LogP contribution in [-0.2, 0) is 14.8 Å². The number of nitro benzene ring substituents is 1. The maximum absolute atomic E-state index is 12.6. The summed E-state index contributed by atoms with van der Waals surface area (Å²) < 4.78 is 26.2. The molecule has 0 saturated carbocycles. The van der Waals surface area contributed by atoms with E-state index in [0.29, 0.717) is 10.3 Å². The smallest absolute Gasteiger partial charge is 0.271 e. The molecule has 0 bridgehead atoms. The maximum Gasteiger partial charge on any atom is 0.271 e. The Labute approximate surface area is 176 Å². The number of thioether (sulfide) groups is 1. The SMILES string of the molecule is CC(C)CSc1nnc(NC(=O)C(C)N(c2cccc([N+](=O)[O-])c2)S(C)(=O)=O)s1. The molecule has 158 valence electrons. The van der Waals surface area contributed by atoms with Gasteiger partial charge in [-0.2, -0.15) is 0 Å². The zero-order chi connectivity index (χ0) is 21.8. The summed E-state index contributed by atoms with van der Waals surface area (Å²) in [5.74, 6) is 0.701. The predicted octanol–water partition coefficient (Wildman–Crippen LogP) is 2.99. The second kappa shape index (κ2) is 9.50. The number of amides is 1. The maximum atomic E-state index is 12.6. The molecule has 1 aromatic carbocycles. The number of nitro groups is 1. The number of anilines is 2. The van der Waals surface area contributed by atoms with Gasteiger partial charge >= 0.3 is 0 Å². The lowest BCUT2D eigenvalue weighted by atomic mass is 10.2. The van der Waals surface area contributed by atoms with E-state index in [1.807, 2.05) is 0 Å². The van der Waals surface area contributed by atoms with Gasteiger partial charge in [0.15, 0.2) is 4.34 Å². The van der Waals surface area contributed by atoms with E-state index in [1.54, 1.807) is 0 Å². The molecule has 29 heavy (non-hydrogen) atoms. The third-order valence-electron chi connectivity index (χ3n) is 3.56. The molecule has 0 aliphatic rings. The molecule has 1 heterocycles. The molecule has 1 amide bonds. The van der Waals surface area contributed by atoms with E-state index in [1.165, 1.54) is 48.2 Å². The zero-order valence-corrected chi connectivity index (χ0v) is 18.7. The van der Waals surface area contributed by atoms with Gasteiger partial charge in [-0.05, 0) is 18.9 Å². The Morgan fingerprint density at radius 3 is 2.62 bits per heavy atom. The van der Waals surface area contributed by atoms with Gasteiger partial charge in [-0.25, -0.2) is 8.42 Å². The molecule has 13 heteroatoms. The lowest BCUT2D eigenvalue weighted by Crippen LogP contribution is -2.45. The van der Waals surface area contributed by atoms with E-state index in [-0.39, 0.29) is 16.5 Å². The summed E-state index contributed by atoms with van der Waals surface area (Å²) in [6, 6.07) is 3.94. The second-order valence-electron chi connectivity index (χ2n) is 6.58. The summed E-state index contributed by atoms with van der Waals surface area (Å²) in [6.07, 6.45) is 0.932. The Bertz CT molecular complexity index is 992. The van der Waals surface area contributed by atoms with Crippen molar-refractivity contribution < 1.29 is 18.1 Å². The summed E-state index contributed by atoms with van der Waals surface area (Å²) >= 11 is 2.71. The van der Waals surface area contributed by atoms with Gasteiger partial charge in [0, 0.05) is 17.9 Å². The average Bonchev–Trinajstić information content (AvgIpc) is 3.06. The van der Waals surface area contributed by atoms with Crippen LogP contribution >= 0.6 is 23.1 Å². The fraction of sp³-hybridized carbons (Fsp3) is 0.438. The monoisotopic (exact) mass is 459 g/mol. The van der Waals surface area contributed by atoms with E-state index in [9.17, 15) is 23.3 Å². The van der Waals surface area contributed by atoms with Gasteiger partial charge in [-0.3, -0.25) is 24.5 Å². The molecule has 0 aliphatic heterocycles. The first-order valence-electron chi connectivity index (χ1n) is 8.50. The molecule has 1 unspecified atom stereocenters. The Balaban J connectivity index is 2.21. The minimum atomic E-state index is -3.90. The van der Waals surface area contributed by atoms with Gasteiger partial charge in [0.2, 0.25) is 21.1 Å². The highest BCUT2D eigenvalue weighted by molar-refractivity contribution is 8.01. The van der Waals surface area contributed by atoms with Gasteiger partial charge in [0.1, 0.15) is 6.04 Å². The van der Waals surface area contributed by atoms with Crippen LogP contribution in [0.2, 0.25) is 0 Å². The molecule has 1 atom stereocenters. The molecule has 0 spiro atoms. The predicted molar refractivity (Wildman–Crippen MR) is 114 cm³/mol. The van der Waals surface area contributed by atoms with Crippen molar-refractivity contribution in [1.29, 1.82) is 0 Å². The first-order valence-corrected chi connectivity index (χ1v) is 12.1. The Morgan fingerprint density at radius 2 is 2.03 bits per heavy atom. The molecular weight excluding hydrogens is 438 g/mol. The van der Waals surface area contributed by atoms with Crippen molar-refractivity contribution in [3.8, 4) is 0 Å². The number of carbonyl (C=O) groups is 1. The highest BCUT2D eigenvalue weighted by Gasteiger charge is 2.30. The lowest BCUT2D eigenvalue weighted by Gasteiger charge is -2.27. The van der Waals surface area contributed by atoms with Crippen molar-refractivity contribution in [3.63, 3.8) is 0 Å². The van der Waals surface area contributed by atoms with Crippen molar-refractivity contribution in [2.75, 3.05) is 21.6 Å². The molecule has 1 N–H and O–H groups in total. The zero-order valence-electron chi connectivity index (χ0n) is 16.2. The number of nitrogens with one attached hydrogen (secondary N) is 1. The van der Waals surface area contributed by atoms with E-state index < -0.39 is 26.9 Å². The number of hydrogen-bond acceptors (Lipinski definition) is 9. The van der Waals surface area contributed by atoms with E-state index in [2.05, 4.69) is 29.4 Å². The van der Waals surface area contributed by atoms with Gasteiger partial charge < -0.3 is 0 Å². The van der Waals surface area contributed by atoms with E-state index in [0.717, 1.165) is 22.4 Å². The van der Waals surface area contributed by atoms with Crippen molar-refractivity contribution in [3.05, 3.63) is 34.4 Å². The standard InChI is InChI=1S/C16H21N5O5S3/c1-10(2)9-27-16-19-18-15(28-16)17-14(22)11(3)20(29(4,25)26)12-6-5-7-13(8-12)21(23)24/h5-8,10-11H,9H2,1-4H3,(H,17,18,22). The Hall–Kier alpha value is -2.25. The third kappa shape index (κ3) is 6.37. The molecule has 0 fully saturated rings. The molecule has 2 aromatic rings. The van der Waals surface area contributed by atoms with Crippen molar-refractivity contribution in [1.82, 2.24) is 10.2 Å². The van der Waals surface area contributed by atoms with Crippen LogP contribution in [0.25, 0.3) is 0 Å². The summed E-state index contributed by atoms with van der Waals surface area (Å²) in [4.78, 5) is 23.0. The number of rotatable bonds is 9. The number of aromatic nitrogens is 2. The highest BCUT2D eigenvalue weighted by atomic mass is 32.2. The summed E-state index contributed by atoms with van der Waals surface area (Å²) in [5.41, 5.74) is -0.255. The quantitative estimate of drug-likeness (QED) is 0.262. The van der Waals surface area contributed by atoms with Crippen LogP contribution in [0, 0.1) is 16.0 Å². The molecule has 1 aromatic heterocycles. The van der Waals surface area contributed by atoms with Crippen LogP contribution in [0.1, 0.15) is 20.8 Å². The number of hydrogen-bond donors (Lipinski definition) is 1. The Kier molecular flexibility index (Phi) is 7.54. The topological polar surface area (TPSA) is 135 Å². The molecule has 2 rings (SSSR count). The summed E-state index contributed by atoms with van der Waals surface area (Å²) in [5, 5.41) is 21.7. The fourth-order valence-electron chi connectivity index (χ4n) is 2.32. The van der Waals surface area contributed by atoms with Crippen LogP contribution < -0.4 is 9.62 Å². The highest BCUT2D eigenvalue weighted by Crippen LogP contribution is 2.28. The third-order valence-corrected chi connectivity index (χ3v) is 7.20. The first-order chi connectivity index (χ1) is 13.5. The van der Waals surface area contributed by atoms with Crippen LogP contribution in [-0.4, -0.2) is 47.5 Å². The van der Waals surface area contributed by atoms with E-state index >= 15 is 0 Å². The average molecular weight is 460 g/mol. The Morgan fingerprint density at radius 1 is 1.34 bits per heavy atom. The first kappa shape index (κ1) is 23.0. The molecule has 10 nitrogen and oxygen atoms in total. The molecule has 0 aliphatic carbocycles. The molecular formula is C16H21N5O5S3. The van der Waals surface area contributed by atoms with Crippen LogP contribution in [0.5, 0.6) is 0 Å². The number of non-ortho nitro benzene ring substituents is 1. The van der Waals surface area contributed by atoms with Crippen LogP contribution in [0.4, 0.5) is 16.5 Å². The number of benzene rings is 1. The lowest BCUT2D eigenvalue weighted by molar-refractivity contribution is -0.384. The number of nitrogens with zero attached hydrogens (tertiary/aromatic N) is 4. The molecule has 0 saturated heterocycles.